The van der Waals surface area contributed by atoms with E-state index in [1.807, 2.05) is 19.9 Å². The molecule has 7 rings (SSSR count). The highest BCUT2D eigenvalue weighted by Crippen LogP contribution is 2.78. The van der Waals surface area contributed by atoms with Gasteiger partial charge < -0.3 is 24.4 Å². The van der Waals surface area contributed by atoms with E-state index in [-0.39, 0.29) is 51.4 Å². The van der Waals surface area contributed by atoms with Crippen molar-refractivity contribution >= 4 is 5.97 Å². The standard InChI is InChI=1S/C32H50O6/c1-18(15-22(34)26-28(5,6)38-26)20-9-11-29(7)21(20)16-23(37-19(2)33)25-30(29,8)12-10-24-27(3,4)32(35)14-13-31(24,25)17-36-32/h15,20-26,34-35H,9-14,16-17H2,1-8H3/b18-15+/t20-,21-,22+,23-,24?,25+,26?,29-,30-,31-,32-/m1/s1. The first-order valence-corrected chi connectivity index (χ1v) is 15.1. The van der Waals surface area contributed by atoms with E-state index in [9.17, 15) is 15.0 Å². The monoisotopic (exact) mass is 530 g/mol. The molecule has 6 nitrogen and oxygen atoms in total. The van der Waals surface area contributed by atoms with Crippen LogP contribution in [0.2, 0.25) is 0 Å². The molecule has 11 atom stereocenters. The van der Waals surface area contributed by atoms with Gasteiger partial charge in [-0.25, -0.2) is 0 Å². The van der Waals surface area contributed by atoms with Gasteiger partial charge in [-0.15, -0.1) is 0 Å². The van der Waals surface area contributed by atoms with Gasteiger partial charge in [0.15, 0.2) is 5.79 Å². The van der Waals surface area contributed by atoms with Crippen molar-refractivity contribution < 1.29 is 29.2 Å². The minimum absolute atomic E-state index is 0.00594. The van der Waals surface area contributed by atoms with Crippen molar-refractivity contribution in [3.05, 3.63) is 11.6 Å². The maximum Gasteiger partial charge on any atom is 0.302 e. The van der Waals surface area contributed by atoms with E-state index in [2.05, 4.69) is 34.6 Å². The lowest BCUT2D eigenvalue weighted by Gasteiger charge is -2.74. The van der Waals surface area contributed by atoms with E-state index < -0.39 is 11.9 Å². The summed E-state index contributed by atoms with van der Waals surface area (Å²) >= 11 is 0. The number of epoxide rings is 1. The number of fused-ring (bicyclic) bond motifs is 5. The minimum Gasteiger partial charge on any atom is -0.462 e. The number of aliphatic hydroxyl groups is 2. The first-order valence-electron chi connectivity index (χ1n) is 15.1. The van der Waals surface area contributed by atoms with E-state index in [1.165, 1.54) is 5.57 Å². The van der Waals surface area contributed by atoms with Gasteiger partial charge in [-0.2, -0.15) is 0 Å². The van der Waals surface area contributed by atoms with Gasteiger partial charge in [0, 0.05) is 30.1 Å². The smallest absolute Gasteiger partial charge is 0.302 e. The molecule has 6 heteroatoms. The Kier molecular flexibility index (Phi) is 5.79. The van der Waals surface area contributed by atoms with Gasteiger partial charge in [0.1, 0.15) is 18.3 Å². The van der Waals surface area contributed by atoms with Crippen LogP contribution in [0.4, 0.5) is 0 Å². The second-order valence-electron chi connectivity index (χ2n) is 15.6. The summed E-state index contributed by atoms with van der Waals surface area (Å²) in [6.07, 6.45) is 7.98. The topological polar surface area (TPSA) is 88.5 Å². The zero-order valence-electron chi connectivity index (χ0n) is 24.8. The van der Waals surface area contributed by atoms with Gasteiger partial charge in [0.05, 0.1) is 12.2 Å². The number of ether oxygens (including phenoxy) is 3. The van der Waals surface area contributed by atoms with Gasteiger partial charge in [-0.3, -0.25) is 4.79 Å². The third kappa shape index (κ3) is 3.36. The number of hydrogen-bond acceptors (Lipinski definition) is 6. The molecule has 0 aromatic heterocycles. The van der Waals surface area contributed by atoms with Crippen molar-refractivity contribution in [1.82, 2.24) is 0 Å². The Morgan fingerprint density at radius 1 is 1.00 bits per heavy atom. The molecule has 3 saturated heterocycles. The highest BCUT2D eigenvalue weighted by atomic mass is 16.6. The van der Waals surface area contributed by atoms with Crippen LogP contribution in [0.15, 0.2) is 11.6 Å². The van der Waals surface area contributed by atoms with Crippen molar-refractivity contribution in [3.8, 4) is 0 Å². The molecule has 214 valence electrons. The Balaban J connectivity index is 1.38. The molecule has 4 saturated carbocycles. The maximum atomic E-state index is 12.6. The van der Waals surface area contributed by atoms with Gasteiger partial charge >= 0.3 is 5.97 Å². The molecule has 0 amide bonds. The summed E-state index contributed by atoms with van der Waals surface area (Å²) in [7, 11) is 0. The molecule has 1 spiro atoms. The second-order valence-corrected chi connectivity index (χ2v) is 15.6. The molecule has 7 fully saturated rings. The SMILES string of the molecule is CC(=O)O[C@@H]1C[C@@H]2[C@@H](/C(C)=C/[C@H](O)C3OC3(C)C)CC[C@@]2(C)[C@]2(C)CCC3C(C)(C)[C@@]4(O)CC[C@]3(CO4)[C@@H]12. The van der Waals surface area contributed by atoms with Crippen molar-refractivity contribution in [2.24, 2.45) is 45.3 Å². The molecule has 2 N–H and O–H groups in total. The lowest BCUT2D eigenvalue weighted by Crippen LogP contribution is -2.75. The van der Waals surface area contributed by atoms with Crippen LogP contribution in [0.1, 0.15) is 100 Å². The number of aliphatic hydroxyl groups excluding tert-OH is 1. The fourth-order valence-electron chi connectivity index (χ4n) is 11.3. The van der Waals surface area contributed by atoms with Crippen molar-refractivity contribution in [2.75, 3.05) is 6.61 Å². The van der Waals surface area contributed by atoms with Gasteiger partial charge in [-0.05, 0) is 87.9 Å². The van der Waals surface area contributed by atoms with Crippen LogP contribution in [0.25, 0.3) is 0 Å². The molecule has 2 bridgehead atoms. The summed E-state index contributed by atoms with van der Waals surface area (Å²) in [4.78, 5) is 12.6. The van der Waals surface area contributed by atoms with Crippen LogP contribution in [-0.2, 0) is 19.0 Å². The summed E-state index contributed by atoms with van der Waals surface area (Å²) in [5.41, 5.74) is 0.653. The van der Waals surface area contributed by atoms with E-state index in [1.54, 1.807) is 6.92 Å². The van der Waals surface area contributed by atoms with Crippen molar-refractivity contribution in [1.29, 1.82) is 0 Å². The van der Waals surface area contributed by atoms with Crippen molar-refractivity contribution in [3.63, 3.8) is 0 Å². The Hall–Kier alpha value is -0.950. The first kappa shape index (κ1) is 27.2. The third-order valence-corrected chi connectivity index (χ3v) is 13.5. The predicted molar refractivity (Wildman–Crippen MR) is 144 cm³/mol. The molecule has 38 heavy (non-hydrogen) atoms. The van der Waals surface area contributed by atoms with Gasteiger partial charge in [-0.1, -0.05) is 39.3 Å². The molecule has 4 aliphatic carbocycles. The molecule has 3 heterocycles. The molecular weight excluding hydrogens is 480 g/mol. The molecular formula is C32H50O6. The number of hydrogen-bond donors (Lipinski definition) is 2. The van der Waals surface area contributed by atoms with E-state index in [0.29, 0.717) is 30.8 Å². The molecule has 0 radical (unpaired) electrons. The summed E-state index contributed by atoms with van der Waals surface area (Å²) in [5.74, 6) is 0.0282. The quantitative estimate of drug-likeness (QED) is 0.288. The first-order chi connectivity index (χ1) is 17.5. The van der Waals surface area contributed by atoms with Crippen LogP contribution in [0.5, 0.6) is 0 Å². The number of rotatable bonds is 4. The van der Waals surface area contributed by atoms with E-state index in [4.69, 9.17) is 14.2 Å². The third-order valence-electron chi connectivity index (χ3n) is 13.5. The zero-order chi connectivity index (χ0) is 27.7. The number of carbonyl (C=O) groups is 1. The molecule has 0 aromatic rings. The summed E-state index contributed by atoms with van der Waals surface area (Å²) < 4.78 is 18.4. The van der Waals surface area contributed by atoms with Gasteiger partial charge in [0.2, 0.25) is 0 Å². The number of esters is 1. The number of allylic oxidation sites excluding steroid dienone is 1. The second kappa shape index (κ2) is 8.08. The predicted octanol–water partition coefficient (Wildman–Crippen LogP) is 5.40. The van der Waals surface area contributed by atoms with E-state index >= 15 is 0 Å². The Morgan fingerprint density at radius 3 is 2.24 bits per heavy atom. The summed E-state index contributed by atoms with van der Waals surface area (Å²) in [5, 5.41) is 22.3. The van der Waals surface area contributed by atoms with Crippen LogP contribution in [-0.4, -0.2) is 52.5 Å². The largest absolute Gasteiger partial charge is 0.462 e. The lowest BCUT2D eigenvalue weighted by molar-refractivity contribution is -0.404. The van der Waals surface area contributed by atoms with Crippen LogP contribution in [0.3, 0.4) is 0 Å². The molecule has 7 aliphatic rings. The lowest BCUT2D eigenvalue weighted by atomic mass is 9.33. The highest BCUT2D eigenvalue weighted by Gasteiger charge is 2.76. The minimum atomic E-state index is -1.06. The summed E-state index contributed by atoms with van der Waals surface area (Å²) in [6, 6.07) is 0. The Bertz CT molecular complexity index is 1040. The molecule has 0 aromatic carbocycles. The zero-order valence-corrected chi connectivity index (χ0v) is 24.8. The van der Waals surface area contributed by atoms with Gasteiger partial charge in [0.25, 0.3) is 0 Å². The molecule has 2 unspecified atom stereocenters. The van der Waals surface area contributed by atoms with Crippen LogP contribution in [0, 0.1) is 45.3 Å². The number of carbonyl (C=O) groups excluding carboxylic acids is 1. The Labute approximate surface area is 228 Å². The fourth-order valence-corrected chi connectivity index (χ4v) is 11.3. The van der Waals surface area contributed by atoms with E-state index in [0.717, 1.165) is 38.5 Å². The molecule has 3 aliphatic heterocycles. The van der Waals surface area contributed by atoms with Crippen molar-refractivity contribution in [2.45, 2.75) is 130 Å². The normalized spacial score (nSPS) is 52.9. The van der Waals surface area contributed by atoms with Crippen LogP contribution >= 0.6 is 0 Å². The average Bonchev–Trinajstić information content (AvgIpc) is 3.31. The van der Waals surface area contributed by atoms with Crippen LogP contribution < -0.4 is 0 Å². The maximum absolute atomic E-state index is 12.6. The fraction of sp³-hybridized carbons (Fsp3) is 0.906. The summed E-state index contributed by atoms with van der Waals surface area (Å²) in [6.45, 7) is 17.7. The Morgan fingerprint density at radius 2 is 1.66 bits per heavy atom. The average molecular weight is 531 g/mol. The highest BCUT2D eigenvalue weighted by molar-refractivity contribution is 5.66.